The number of nitrogens with zero attached hydrogens (tertiary/aromatic N) is 2. The second-order valence-corrected chi connectivity index (χ2v) is 12.0. The zero-order chi connectivity index (χ0) is 26.1. The molecule has 14 nitrogen and oxygen atoms in total. The topological polar surface area (TPSA) is 203 Å². The van der Waals surface area contributed by atoms with Gasteiger partial charge < -0.3 is 38.7 Å². The van der Waals surface area contributed by atoms with Gasteiger partial charge >= 0.3 is 43.9 Å². The van der Waals surface area contributed by atoms with E-state index >= 15 is 0 Å². The Balaban J connectivity index is 0.000000208. The number of rotatable bonds is 6. The van der Waals surface area contributed by atoms with Crippen LogP contribution in [-0.2, 0) is 0 Å². The molecule has 2 aliphatic rings. The molecule has 35 heavy (non-hydrogen) atoms. The van der Waals surface area contributed by atoms with Crippen molar-refractivity contribution in [2.45, 2.75) is 22.7 Å². The van der Waals surface area contributed by atoms with Gasteiger partial charge in [0.1, 0.15) is 0 Å². The molecule has 0 aliphatic carbocycles. The van der Waals surface area contributed by atoms with Crippen LogP contribution >= 0.6 is 0 Å². The molecular weight excluding hydrogens is 579 g/mol. The summed E-state index contributed by atoms with van der Waals surface area (Å²) < 4.78 is 22.6. The van der Waals surface area contributed by atoms with Crippen LogP contribution in [0.15, 0.2) is 24.3 Å². The molecule has 0 saturated carbocycles. The normalized spacial score (nSPS) is 11.7. The molecule has 0 unspecified atom stereocenters. The van der Waals surface area contributed by atoms with Gasteiger partial charge in [0.05, 0.1) is 45.0 Å². The van der Waals surface area contributed by atoms with E-state index in [0.29, 0.717) is 0 Å². The van der Waals surface area contributed by atoms with Crippen molar-refractivity contribution in [3.8, 4) is 23.0 Å². The summed E-state index contributed by atoms with van der Waals surface area (Å²) in [4.78, 5) is 40.7. The number of ether oxygens (including phenoxy) is 4. The Labute approximate surface area is 207 Å². The number of hydrogen-bond acceptors (Lipinski definition) is 12. The third kappa shape index (κ3) is 7.08. The number of aromatic carboxylic acids is 2. The first-order chi connectivity index (χ1) is 16.6. The molecule has 4 rings (SSSR count). The van der Waals surface area contributed by atoms with E-state index < -0.39 is 44.3 Å². The average Bonchev–Trinajstić information content (AvgIpc) is 3.46. The standard InChI is InChI=1S/2C8H5NO6.2C2H5.Sn/c2*10-8(11)4-1-6-7(15-3-14-6)2-5(4)9(12)13;2*1-2;/h2*1-2H,3H2,(H,10,11);2*1H2,2H3;/q;;;;+2/p-2. The van der Waals surface area contributed by atoms with Gasteiger partial charge in [0.25, 0.3) is 11.4 Å². The van der Waals surface area contributed by atoms with Crippen LogP contribution in [0.3, 0.4) is 0 Å². The number of carboxylic acid groups (broad SMARTS) is 2. The van der Waals surface area contributed by atoms with Gasteiger partial charge in [-0.3, -0.25) is 20.2 Å². The Kier molecular flexibility index (Phi) is 9.86. The number of nitro benzene ring substituents is 2. The first-order valence-corrected chi connectivity index (χ1v) is 13.9. The molecule has 0 fully saturated rings. The molecule has 0 atom stereocenters. The molecular formula is C20H18N2O12Sn. The molecule has 2 heterocycles. The van der Waals surface area contributed by atoms with Gasteiger partial charge in [0, 0.05) is 12.1 Å². The van der Waals surface area contributed by atoms with Crippen molar-refractivity contribution >= 4 is 44.5 Å². The molecule has 184 valence electrons. The van der Waals surface area contributed by atoms with Crippen LogP contribution in [0.2, 0.25) is 8.87 Å². The van der Waals surface area contributed by atoms with Crippen LogP contribution in [0.5, 0.6) is 23.0 Å². The maximum Gasteiger partial charge on any atom is 0.282 e. The number of nitro groups is 2. The zero-order valence-corrected chi connectivity index (χ0v) is 21.3. The molecule has 15 heteroatoms. The first kappa shape index (κ1) is 27.4. The monoisotopic (exact) mass is 598 g/mol. The number of carboxylic acids is 2. The number of carbonyl (C=O) groups excluding carboxylic acids is 2. The summed E-state index contributed by atoms with van der Waals surface area (Å²) >= 11 is 0.218. The Morgan fingerprint density at radius 2 is 1.06 bits per heavy atom. The van der Waals surface area contributed by atoms with E-state index in [-0.39, 0.29) is 57.7 Å². The predicted octanol–water partition coefficient (Wildman–Crippen LogP) is 0.941. The van der Waals surface area contributed by atoms with E-state index in [1.807, 2.05) is 0 Å². The molecule has 0 bridgehead atoms. The quantitative estimate of drug-likeness (QED) is 0.259. The van der Waals surface area contributed by atoms with Crippen molar-refractivity contribution in [1.82, 2.24) is 0 Å². The third-order valence-electron chi connectivity index (χ3n) is 4.32. The van der Waals surface area contributed by atoms with Gasteiger partial charge in [-0.15, -0.1) is 0 Å². The summed E-state index contributed by atoms with van der Waals surface area (Å²) in [6, 6.07) is 4.06. The molecule has 0 saturated heterocycles. The van der Waals surface area contributed by atoms with Gasteiger partial charge in [-0.05, 0) is 0 Å². The van der Waals surface area contributed by atoms with Gasteiger partial charge in [0.2, 0.25) is 13.6 Å². The zero-order valence-electron chi connectivity index (χ0n) is 18.4. The van der Waals surface area contributed by atoms with Gasteiger partial charge in [-0.25, -0.2) is 0 Å². The van der Waals surface area contributed by atoms with Crippen LogP contribution < -0.4 is 29.2 Å². The summed E-state index contributed by atoms with van der Waals surface area (Å²) in [5, 5.41) is 42.3. The average molecular weight is 597 g/mol. The Morgan fingerprint density at radius 3 is 1.29 bits per heavy atom. The van der Waals surface area contributed by atoms with Crippen molar-refractivity contribution in [2.75, 3.05) is 13.6 Å². The summed E-state index contributed by atoms with van der Waals surface area (Å²) in [7, 11) is 0. The molecule has 0 radical (unpaired) electrons. The van der Waals surface area contributed by atoms with Gasteiger partial charge in [-0.1, -0.05) is 0 Å². The minimum absolute atomic E-state index is 0.0804. The van der Waals surface area contributed by atoms with Crippen LogP contribution in [0, 0.1) is 20.2 Å². The predicted molar refractivity (Wildman–Crippen MR) is 114 cm³/mol. The Bertz CT molecular complexity index is 968. The molecule has 0 N–H and O–H groups in total. The van der Waals surface area contributed by atoms with Gasteiger partial charge in [0.15, 0.2) is 23.0 Å². The fourth-order valence-electron chi connectivity index (χ4n) is 2.74. The molecule has 2 aromatic rings. The van der Waals surface area contributed by atoms with E-state index in [4.69, 9.17) is 18.9 Å². The fourth-order valence-corrected chi connectivity index (χ4v) is 4.17. The summed E-state index contributed by atoms with van der Waals surface area (Å²) in [5.74, 6) is -2.60. The van der Waals surface area contributed by atoms with Gasteiger partial charge in [-0.2, -0.15) is 0 Å². The van der Waals surface area contributed by atoms with Crippen molar-refractivity contribution in [1.29, 1.82) is 0 Å². The van der Waals surface area contributed by atoms with Crippen LogP contribution in [0.4, 0.5) is 11.4 Å². The maximum atomic E-state index is 10.6. The minimum Gasteiger partial charge on any atom is -0.545 e. The summed E-state index contributed by atoms with van der Waals surface area (Å²) in [6.45, 7) is 4.41. The Hall–Kier alpha value is -3.82. The van der Waals surface area contributed by atoms with E-state index in [1.165, 1.54) is 8.87 Å². The molecule has 2 aliphatic heterocycles. The van der Waals surface area contributed by atoms with E-state index in [9.17, 15) is 40.0 Å². The summed E-state index contributed by atoms with van der Waals surface area (Å²) in [5.41, 5.74) is -2.19. The van der Waals surface area contributed by atoms with Crippen LogP contribution in [0.1, 0.15) is 34.6 Å². The SMILES string of the molecule is C[CH2][Sn+2][CH2]C.O=C([O-])c1cc2c(cc1[N+](=O)[O-])OCO2.O=C([O-])c1cc2c(cc1[N+](=O)[O-])OCO2. The van der Waals surface area contributed by atoms with Crippen molar-refractivity contribution in [2.24, 2.45) is 0 Å². The smallest absolute Gasteiger partial charge is 0.282 e. The number of benzene rings is 2. The second kappa shape index (κ2) is 12.6. The fraction of sp³-hybridized carbons (Fsp3) is 0.300. The largest absolute Gasteiger partial charge is 0.545 e. The first-order valence-electron chi connectivity index (χ1n) is 9.90. The molecule has 0 spiro atoms. The van der Waals surface area contributed by atoms with Crippen molar-refractivity contribution < 1.29 is 48.6 Å². The molecule has 0 amide bonds. The second-order valence-electron chi connectivity index (χ2n) is 6.49. The Morgan fingerprint density at radius 1 is 0.743 bits per heavy atom. The molecule has 0 aromatic heterocycles. The van der Waals surface area contributed by atoms with E-state index in [0.717, 1.165) is 24.3 Å². The van der Waals surface area contributed by atoms with E-state index in [2.05, 4.69) is 13.8 Å². The van der Waals surface area contributed by atoms with Crippen molar-refractivity contribution in [3.63, 3.8) is 0 Å². The maximum absolute atomic E-state index is 10.6. The minimum atomic E-state index is -1.63. The van der Waals surface area contributed by atoms with Crippen LogP contribution in [-0.4, -0.2) is 56.5 Å². The molecule has 2 aromatic carbocycles. The number of carbonyl (C=O) groups is 2. The number of fused-ring (bicyclic) bond motifs is 2. The number of hydrogen-bond donors (Lipinski definition) is 0. The summed E-state index contributed by atoms with van der Waals surface area (Å²) in [6.07, 6.45) is 0. The third-order valence-corrected chi connectivity index (χ3v) is 7.17. The van der Waals surface area contributed by atoms with Crippen molar-refractivity contribution in [3.05, 3.63) is 55.6 Å². The van der Waals surface area contributed by atoms with Crippen LogP contribution in [0.25, 0.3) is 0 Å². The van der Waals surface area contributed by atoms with E-state index in [1.54, 1.807) is 0 Å².